The molecular weight excluding hydrogens is 312 g/mol. The lowest BCUT2D eigenvalue weighted by Gasteiger charge is -2.03. The Morgan fingerprint density at radius 2 is 2.14 bits per heavy atom. The zero-order valence-corrected chi connectivity index (χ0v) is 10.5. The first kappa shape index (κ1) is 11.6. The average molecular weight is 320 g/mol. The molecule has 1 aromatic rings. The van der Waals surface area contributed by atoms with Crippen molar-refractivity contribution < 1.29 is 9.59 Å². The molecule has 0 heterocycles. The van der Waals surface area contributed by atoms with Gasteiger partial charge in [0.15, 0.2) is 0 Å². The first-order valence-corrected chi connectivity index (χ1v) is 5.90. The molecule has 2 nitrogen and oxygen atoms in total. The normalized spacial score (nSPS) is 9.86. The van der Waals surface area contributed by atoms with Gasteiger partial charge in [-0.1, -0.05) is 37.9 Å². The molecule has 0 saturated heterocycles. The molecule has 0 fully saturated rings. The number of Topliss-reactive ketones (excluding diaryl/α,β-unsaturated/α-hetero) is 1. The van der Waals surface area contributed by atoms with Crippen LogP contribution in [0.1, 0.15) is 15.9 Å². The van der Waals surface area contributed by atoms with E-state index >= 15 is 0 Å². The SMILES string of the molecule is O=Cc1cc(Br)ccc1CC(=O)CBr. The van der Waals surface area contributed by atoms with Gasteiger partial charge < -0.3 is 0 Å². The Kier molecular flexibility index (Phi) is 4.48. The van der Waals surface area contributed by atoms with Gasteiger partial charge in [-0.3, -0.25) is 9.59 Å². The Balaban J connectivity index is 2.96. The maximum atomic E-state index is 11.2. The fraction of sp³-hybridized carbons (Fsp3) is 0.200. The number of hydrogen-bond donors (Lipinski definition) is 0. The van der Waals surface area contributed by atoms with E-state index in [9.17, 15) is 9.59 Å². The van der Waals surface area contributed by atoms with Gasteiger partial charge in [-0.2, -0.15) is 0 Å². The lowest BCUT2D eigenvalue weighted by Crippen LogP contribution is -2.05. The standard InChI is InChI=1S/C10H8Br2O2/c11-5-10(14)4-7-1-2-9(12)3-8(7)6-13/h1-3,6H,4-5H2. The monoisotopic (exact) mass is 318 g/mol. The number of aldehydes is 1. The van der Waals surface area contributed by atoms with Crippen LogP contribution in [0.5, 0.6) is 0 Å². The van der Waals surface area contributed by atoms with Crippen molar-refractivity contribution in [2.45, 2.75) is 6.42 Å². The third-order valence-electron chi connectivity index (χ3n) is 1.77. The summed E-state index contributed by atoms with van der Waals surface area (Å²) in [5.41, 5.74) is 1.33. The second-order valence-electron chi connectivity index (χ2n) is 2.81. The van der Waals surface area contributed by atoms with Gasteiger partial charge in [-0.25, -0.2) is 0 Å². The van der Waals surface area contributed by atoms with Crippen LogP contribution in [-0.4, -0.2) is 17.4 Å². The average Bonchev–Trinajstić information content (AvgIpc) is 2.20. The second-order valence-corrected chi connectivity index (χ2v) is 4.29. The van der Waals surface area contributed by atoms with Crippen LogP contribution in [0.25, 0.3) is 0 Å². The molecule has 0 saturated carbocycles. The predicted octanol–water partition coefficient (Wildman–Crippen LogP) is 2.77. The van der Waals surface area contributed by atoms with Gasteiger partial charge in [0.1, 0.15) is 12.1 Å². The van der Waals surface area contributed by atoms with Crippen molar-refractivity contribution in [3.63, 3.8) is 0 Å². The molecule has 74 valence electrons. The molecule has 1 rings (SSSR count). The van der Waals surface area contributed by atoms with Crippen molar-refractivity contribution in [1.29, 1.82) is 0 Å². The van der Waals surface area contributed by atoms with E-state index in [4.69, 9.17) is 0 Å². The van der Waals surface area contributed by atoms with E-state index in [2.05, 4.69) is 31.9 Å². The van der Waals surface area contributed by atoms with Crippen LogP contribution < -0.4 is 0 Å². The fourth-order valence-corrected chi connectivity index (χ4v) is 1.67. The topological polar surface area (TPSA) is 34.1 Å². The van der Waals surface area contributed by atoms with Crippen molar-refractivity contribution in [2.24, 2.45) is 0 Å². The largest absolute Gasteiger partial charge is 0.298 e. The number of rotatable bonds is 4. The van der Waals surface area contributed by atoms with Crippen LogP contribution in [-0.2, 0) is 11.2 Å². The number of hydrogen-bond acceptors (Lipinski definition) is 2. The Bertz CT molecular complexity index is 361. The van der Waals surface area contributed by atoms with E-state index in [1.807, 2.05) is 6.07 Å². The van der Waals surface area contributed by atoms with Gasteiger partial charge in [0, 0.05) is 16.5 Å². The van der Waals surface area contributed by atoms with Crippen LogP contribution in [0.4, 0.5) is 0 Å². The van der Waals surface area contributed by atoms with Gasteiger partial charge in [0.25, 0.3) is 0 Å². The lowest BCUT2D eigenvalue weighted by molar-refractivity contribution is -0.115. The van der Waals surface area contributed by atoms with Gasteiger partial charge >= 0.3 is 0 Å². The molecule has 0 N–H and O–H groups in total. The number of carbonyl (C=O) groups is 2. The van der Waals surface area contributed by atoms with Crippen LogP contribution in [0, 0.1) is 0 Å². The predicted molar refractivity (Wildman–Crippen MR) is 62.0 cm³/mol. The minimum Gasteiger partial charge on any atom is -0.298 e. The quantitative estimate of drug-likeness (QED) is 0.631. The summed E-state index contributed by atoms with van der Waals surface area (Å²) >= 11 is 6.35. The summed E-state index contributed by atoms with van der Waals surface area (Å²) in [4.78, 5) is 21.9. The first-order valence-electron chi connectivity index (χ1n) is 3.98. The molecule has 0 aromatic heterocycles. The van der Waals surface area contributed by atoms with Crippen molar-refractivity contribution in [3.8, 4) is 0 Å². The highest BCUT2D eigenvalue weighted by atomic mass is 79.9. The summed E-state index contributed by atoms with van der Waals surface area (Å²) < 4.78 is 0.842. The van der Waals surface area contributed by atoms with Crippen LogP contribution in [0.3, 0.4) is 0 Å². The zero-order valence-electron chi connectivity index (χ0n) is 7.30. The van der Waals surface area contributed by atoms with Crippen molar-refractivity contribution in [3.05, 3.63) is 33.8 Å². The highest BCUT2D eigenvalue weighted by Crippen LogP contribution is 2.16. The third kappa shape index (κ3) is 3.03. The molecule has 1 aromatic carbocycles. The summed E-state index contributed by atoms with van der Waals surface area (Å²) in [6.45, 7) is 0. The second kappa shape index (κ2) is 5.41. The molecule has 0 amide bonds. The summed E-state index contributed by atoms with van der Waals surface area (Å²) in [5, 5.41) is 0.321. The zero-order chi connectivity index (χ0) is 10.6. The summed E-state index contributed by atoms with van der Waals surface area (Å²) in [6.07, 6.45) is 1.06. The molecule has 0 radical (unpaired) electrons. The van der Waals surface area contributed by atoms with E-state index in [0.717, 1.165) is 16.3 Å². The minimum absolute atomic E-state index is 0.0652. The maximum Gasteiger partial charge on any atom is 0.150 e. The maximum absolute atomic E-state index is 11.2. The van der Waals surface area contributed by atoms with E-state index in [0.29, 0.717) is 17.3 Å². The molecule has 0 spiro atoms. The molecule has 0 atom stereocenters. The van der Waals surface area contributed by atoms with Gasteiger partial charge in [-0.05, 0) is 17.7 Å². The Morgan fingerprint density at radius 3 is 2.71 bits per heavy atom. The Labute approximate surface area is 98.9 Å². The molecule has 4 heteroatoms. The lowest BCUT2D eigenvalue weighted by atomic mass is 10.0. The van der Waals surface area contributed by atoms with E-state index < -0.39 is 0 Å². The summed E-state index contributed by atoms with van der Waals surface area (Å²) in [7, 11) is 0. The molecule has 0 unspecified atom stereocenters. The molecule has 0 aliphatic rings. The van der Waals surface area contributed by atoms with Crippen LogP contribution >= 0.6 is 31.9 Å². The number of carbonyl (C=O) groups excluding carboxylic acids is 2. The van der Waals surface area contributed by atoms with E-state index in [-0.39, 0.29) is 5.78 Å². The van der Waals surface area contributed by atoms with Crippen molar-refractivity contribution in [2.75, 3.05) is 5.33 Å². The molecule has 0 aliphatic carbocycles. The van der Waals surface area contributed by atoms with Gasteiger partial charge in [-0.15, -0.1) is 0 Å². The van der Waals surface area contributed by atoms with Crippen LogP contribution in [0.15, 0.2) is 22.7 Å². The van der Waals surface area contributed by atoms with Crippen molar-refractivity contribution >= 4 is 43.9 Å². The summed E-state index contributed by atoms with van der Waals surface area (Å²) in [6, 6.07) is 5.32. The Morgan fingerprint density at radius 1 is 1.43 bits per heavy atom. The summed E-state index contributed by atoms with van der Waals surface area (Å²) in [5.74, 6) is 0.0652. The molecular formula is C10H8Br2O2. The number of benzene rings is 1. The van der Waals surface area contributed by atoms with Crippen molar-refractivity contribution in [1.82, 2.24) is 0 Å². The van der Waals surface area contributed by atoms with Crippen LogP contribution in [0.2, 0.25) is 0 Å². The highest BCUT2D eigenvalue weighted by Gasteiger charge is 2.06. The molecule has 0 bridgehead atoms. The number of halogens is 2. The van der Waals surface area contributed by atoms with E-state index in [1.54, 1.807) is 12.1 Å². The first-order chi connectivity index (χ1) is 6.67. The molecule has 0 aliphatic heterocycles. The number of ketones is 1. The third-order valence-corrected chi connectivity index (χ3v) is 2.89. The number of alkyl halides is 1. The smallest absolute Gasteiger partial charge is 0.150 e. The highest BCUT2D eigenvalue weighted by molar-refractivity contribution is 9.10. The van der Waals surface area contributed by atoms with Gasteiger partial charge in [0.2, 0.25) is 0 Å². The van der Waals surface area contributed by atoms with E-state index in [1.165, 1.54) is 0 Å². The van der Waals surface area contributed by atoms with Gasteiger partial charge in [0.05, 0.1) is 5.33 Å². The Hall–Kier alpha value is -0.480. The minimum atomic E-state index is 0.0652. The fourth-order valence-electron chi connectivity index (χ4n) is 1.10. The molecule has 14 heavy (non-hydrogen) atoms.